The van der Waals surface area contributed by atoms with E-state index < -0.39 is 5.97 Å². The van der Waals surface area contributed by atoms with Gasteiger partial charge >= 0.3 is 5.97 Å². The number of esters is 1. The smallest absolute Gasteiger partial charge is 0.331 e. The van der Waals surface area contributed by atoms with Gasteiger partial charge in [-0.15, -0.1) is 11.8 Å². The fraction of sp³-hybridized carbons (Fsp3) is 0.238. The highest BCUT2D eigenvalue weighted by Crippen LogP contribution is 2.17. The summed E-state index contributed by atoms with van der Waals surface area (Å²) in [7, 11) is 0. The van der Waals surface area contributed by atoms with Gasteiger partial charge in [0.25, 0.3) is 5.91 Å². The van der Waals surface area contributed by atoms with Crippen molar-refractivity contribution in [2.45, 2.75) is 18.7 Å². The van der Waals surface area contributed by atoms with E-state index in [2.05, 4.69) is 29.6 Å². The van der Waals surface area contributed by atoms with E-state index in [1.54, 1.807) is 17.8 Å². The quantitative estimate of drug-likeness (QED) is 0.333. The van der Waals surface area contributed by atoms with E-state index in [9.17, 15) is 9.59 Å². The summed E-state index contributed by atoms with van der Waals surface area (Å²) < 4.78 is 4.93. The van der Waals surface area contributed by atoms with Gasteiger partial charge in [0.05, 0.1) is 0 Å². The zero-order chi connectivity index (χ0) is 18.8. The van der Waals surface area contributed by atoms with Gasteiger partial charge in [0.2, 0.25) is 0 Å². The first-order chi connectivity index (χ1) is 12.5. The third kappa shape index (κ3) is 7.57. The number of carbonyl (C=O) groups is 2. The number of aryl methyl sites for hydroxylation is 2. The number of carbonyl (C=O) groups excluding carboxylic acids is 2. The summed E-state index contributed by atoms with van der Waals surface area (Å²) >= 11 is 1.67. The van der Waals surface area contributed by atoms with Crippen LogP contribution in [-0.4, -0.2) is 30.8 Å². The van der Waals surface area contributed by atoms with Crippen LogP contribution in [0.15, 0.2) is 59.5 Å². The molecule has 0 heterocycles. The van der Waals surface area contributed by atoms with Gasteiger partial charge in [-0.25, -0.2) is 4.79 Å². The summed E-state index contributed by atoms with van der Waals surface area (Å²) in [5.74, 6) is -0.0721. The lowest BCUT2D eigenvalue weighted by molar-refractivity contribution is -0.143. The zero-order valence-corrected chi connectivity index (χ0v) is 15.8. The molecule has 0 saturated carbocycles. The molecule has 0 aliphatic rings. The Morgan fingerprint density at radius 1 is 1.00 bits per heavy atom. The number of ether oxygens (including phenoxy) is 1. The minimum absolute atomic E-state index is 0.272. The van der Waals surface area contributed by atoms with Crippen LogP contribution in [0.3, 0.4) is 0 Å². The Bertz CT molecular complexity index is 752. The summed E-state index contributed by atoms with van der Waals surface area (Å²) in [4.78, 5) is 24.5. The van der Waals surface area contributed by atoms with Crippen LogP contribution >= 0.6 is 11.8 Å². The molecule has 0 aliphatic heterocycles. The second kappa shape index (κ2) is 10.5. The van der Waals surface area contributed by atoms with E-state index in [-0.39, 0.29) is 12.5 Å². The molecule has 2 aromatic carbocycles. The van der Waals surface area contributed by atoms with Crippen LogP contribution in [0.1, 0.15) is 16.7 Å². The van der Waals surface area contributed by atoms with E-state index in [1.165, 1.54) is 11.6 Å². The monoisotopic (exact) mass is 369 g/mol. The molecule has 2 aromatic rings. The minimum Gasteiger partial charge on any atom is -0.452 e. The topological polar surface area (TPSA) is 55.4 Å². The number of thioether (sulfide) groups is 1. The molecule has 0 unspecified atom stereocenters. The molecule has 0 fully saturated rings. The average Bonchev–Trinajstić information content (AvgIpc) is 2.64. The average molecular weight is 369 g/mol. The Labute approximate surface area is 158 Å². The number of benzene rings is 2. The lowest BCUT2D eigenvalue weighted by atomic mass is 10.1. The number of amides is 1. The van der Waals surface area contributed by atoms with Crippen molar-refractivity contribution >= 4 is 29.7 Å². The molecule has 2 rings (SSSR count). The first-order valence-electron chi connectivity index (χ1n) is 8.40. The minimum atomic E-state index is -0.533. The largest absolute Gasteiger partial charge is 0.452 e. The highest BCUT2D eigenvalue weighted by atomic mass is 32.2. The highest BCUT2D eigenvalue weighted by Gasteiger charge is 2.04. The lowest BCUT2D eigenvalue weighted by Crippen LogP contribution is -2.30. The Morgan fingerprint density at radius 2 is 1.62 bits per heavy atom. The van der Waals surface area contributed by atoms with Crippen molar-refractivity contribution < 1.29 is 14.3 Å². The molecule has 0 bridgehead atoms. The van der Waals surface area contributed by atoms with Crippen LogP contribution in [0, 0.1) is 13.8 Å². The Kier molecular flexibility index (Phi) is 7.96. The molecule has 136 valence electrons. The van der Waals surface area contributed by atoms with Crippen LogP contribution in [-0.2, 0) is 14.3 Å². The fourth-order valence-electron chi connectivity index (χ4n) is 2.07. The maximum atomic E-state index is 11.7. The summed E-state index contributed by atoms with van der Waals surface area (Å²) in [5.41, 5.74) is 3.29. The zero-order valence-electron chi connectivity index (χ0n) is 15.0. The molecule has 4 nitrogen and oxygen atoms in total. The number of rotatable bonds is 8. The molecule has 1 amide bonds. The standard InChI is InChI=1S/C21H23NO3S/c1-16-3-7-18(8-4-16)9-12-21(24)25-15-20(23)22-13-14-26-19-10-5-17(2)6-11-19/h3-12H,13-15H2,1-2H3,(H,22,23)/b12-9+. The van der Waals surface area contributed by atoms with Gasteiger partial charge in [-0.3, -0.25) is 4.79 Å². The molecule has 0 saturated heterocycles. The highest BCUT2D eigenvalue weighted by molar-refractivity contribution is 7.99. The van der Waals surface area contributed by atoms with E-state index in [0.29, 0.717) is 6.54 Å². The van der Waals surface area contributed by atoms with Crippen LogP contribution in [0.25, 0.3) is 6.08 Å². The van der Waals surface area contributed by atoms with E-state index in [1.807, 2.05) is 38.1 Å². The third-order valence-electron chi connectivity index (χ3n) is 3.55. The molecule has 5 heteroatoms. The lowest BCUT2D eigenvalue weighted by Gasteiger charge is -2.06. The molecule has 0 radical (unpaired) electrons. The molecule has 0 spiro atoms. The summed E-state index contributed by atoms with van der Waals surface area (Å²) in [5, 5.41) is 2.74. The summed E-state index contributed by atoms with van der Waals surface area (Å²) in [6.45, 7) is 4.30. The number of nitrogens with one attached hydrogen (secondary N) is 1. The Hall–Kier alpha value is -2.53. The first kappa shape index (κ1) is 19.8. The van der Waals surface area contributed by atoms with Crippen molar-refractivity contribution in [2.75, 3.05) is 18.9 Å². The molecular formula is C21H23NO3S. The number of hydrogen-bond donors (Lipinski definition) is 1. The fourth-order valence-corrected chi connectivity index (χ4v) is 2.84. The predicted molar refractivity (Wildman–Crippen MR) is 106 cm³/mol. The van der Waals surface area contributed by atoms with Gasteiger partial charge in [0.15, 0.2) is 6.61 Å². The summed E-state index contributed by atoms with van der Waals surface area (Å²) in [6.07, 6.45) is 2.99. The SMILES string of the molecule is Cc1ccc(/C=C/C(=O)OCC(=O)NCCSc2ccc(C)cc2)cc1. The summed E-state index contributed by atoms with van der Waals surface area (Å²) in [6, 6.07) is 16.0. The number of hydrogen-bond acceptors (Lipinski definition) is 4. The predicted octanol–water partition coefficient (Wildman–Crippen LogP) is 3.77. The van der Waals surface area contributed by atoms with Crippen LogP contribution in [0.2, 0.25) is 0 Å². The maximum absolute atomic E-state index is 11.7. The molecule has 0 aliphatic carbocycles. The van der Waals surface area contributed by atoms with Crippen molar-refractivity contribution in [3.63, 3.8) is 0 Å². The normalized spacial score (nSPS) is 10.7. The van der Waals surface area contributed by atoms with Gasteiger partial charge in [0, 0.05) is 23.3 Å². The van der Waals surface area contributed by atoms with Crippen molar-refractivity contribution in [3.8, 4) is 0 Å². The van der Waals surface area contributed by atoms with Crippen molar-refractivity contribution in [1.29, 1.82) is 0 Å². The molecule has 0 atom stereocenters. The van der Waals surface area contributed by atoms with Gasteiger partial charge < -0.3 is 10.1 Å². The first-order valence-corrected chi connectivity index (χ1v) is 9.39. The second-order valence-electron chi connectivity index (χ2n) is 5.86. The van der Waals surface area contributed by atoms with Crippen molar-refractivity contribution in [1.82, 2.24) is 5.32 Å². The van der Waals surface area contributed by atoms with Gasteiger partial charge in [0.1, 0.15) is 0 Å². The van der Waals surface area contributed by atoms with Crippen LogP contribution in [0.4, 0.5) is 0 Å². The second-order valence-corrected chi connectivity index (χ2v) is 7.03. The van der Waals surface area contributed by atoms with Crippen molar-refractivity contribution in [3.05, 3.63) is 71.3 Å². The molecule has 26 heavy (non-hydrogen) atoms. The van der Waals surface area contributed by atoms with Crippen LogP contribution in [0.5, 0.6) is 0 Å². The maximum Gasteiger partial charge on any atom is 0.331 e. The van der Waals surface area contributed by atoms with Gasteiger partial charge in [-0.1, -0.05) is 47.5 Å². The van der Waals surface area contributed by atoms with Gasteiger partial charge in [-0.05, 0) is 37.6 Å². The van der Waals surface area contributed by atoms with E-state index >= 15 is 0 Å². The third-order valence-corrected chi connectivity index (χ3v) is 4.56. The van der Waals surface area contributed by atoms with Gasteiger partial charge in [-0.2, -0.15) is 0 Å². The molecular weight excluding hydrogens is 346 g/mol. The van der Waals surface area contributed by atoms with Crippen molar-refractivity contribution in [2.24, 2.45) is 0 Å². The Balaban J connectivity index is 1.61. The molecule has 1 N–H and O–H groups in total. The Morgan fingerprint density at radius 3 is 2.27 bits per heavy atom. The van der Waals surface area contributed by atoms with E-state index in [0.717, 1.165) is 21.8 Å². The molecule has 0 aromatic heterocycles. The van der Waals surface area contributed by atoms with Crippen LogP contribution < -0.4 is 5.32 Å². The van der Waals surface area contributed by atoms with E-state index in [4.69, 9.17) is 4.74 Å².